The van der Waals surface area contributed by atoms with Crippen LogP contribution in [0.4, 0.5) is 5.82 Å². The van der Waals surface area contributed by atoms with Gasteiger partial charge in [-0.1, -0.05) is 6.92 Å². The number of ether oxygens (including phenoxy) is 3. The molecule has 12 nitrogen and oxygen atoms in total. The van der Waals surface area contributed by atoms with Crippen LogP contribution in [0.25, 0.3) is 11.2 Å². The minimum atomic E-state index is -4.27. The third-order valence-corrected chi connectivity index (χ3v) is 5.40. The summed E-state index contributed by atoms with van der Waals surface area (Å²) in [7, 11) is -1.63. The number of imidazole rings is 1. The molecule has 1 saturated heterocycles. The van der Waals surface area contributed by atoms with Crippen molar-refractivity contribution in [3.8, 4) is 0 Å². The molecule has 2 aromatic rings. The number of anilines is 1. The number of nitrogen functional groups attached to an aromatic ring is 1. The smallest absolute Gasteiger partial charge is 0.382 e. The number of fused-ring (bicyclic) bond motifs is 1. The van der Waals surface area contributed by atoms with E-state index in [4.69, 9.17) is 24.5 Å². The van der Waals surface area contributed by atoms with E-state index in [9.17, 15) is 9.46 Å². The van der Waals surface area contributed by atoms with E-state index in [0.29, 0.717) is 24.2 Å². The zero-order chi connectivity index (χ0) is 20.3. The molecule has 0 bridgehead atoms. The number of nitrogens with two attached hydrogens (primary N) is 1. The average molecular weight is 417 g/mol. The average Bonchev–Trinajstić information content (AvgIpc) is 3.24. The summed E-state index contributed by atoms with van der Waals surface area (Å²) in [6, 6.07) is 0. The van der Waals surface area contributed by atoms with Gasteiger partial charge in [-0.05, 0) is 6.42 Å². The molecule has 28 heavy (non-hydrogen) atoms. The lowest BCUT2D eigenvalue weighted by atomic mass is 10.1. The van der Waals surface area contributed by atoms with Gasteiger partial charge in [-0.2, -0.15) is 0 Å². The molecular formula is C15H24N5O7P. The Labute approximate surface area is 161 Å². The summed E-state index contributed by atoms with van der Waals surface area (Å²) >= 11 is 0. The van der Waals surface area contributed by atoms with Crippen LogP contribution in [0.3, 0.4) is 0 Å². The Balaban J connectivity index is 1.97. The van der Waals surface area contributed by atoms with E-state index in [0.717, 1.165) is 7.11 Å². The van der Waals surface area contributed by atoms with Crippen LogP contribution in [0, 0.1) is 0 Å². The van der Waals surface area contributed by atoms with Crippen LogP contribution in [-0.2, 0) is 27.8 Å². The molecule has 0 aromatic carbocycles. The van der Waals surface area contributed by atoms with Crippen molar-refractivity contribution in [1.29, 1.82) is 0 Å². The van der Waals surface area contributed by atoms with E-state index in [1.165, 1.54) is 12.7 Å². The molecule has 5 atom stereocenters. The number of methoxy groups -OCH3 is 1. The molecule has 1 fully saturated rings. The van der Waals surface area contributed by atoms with Gasteiger partial charge in [0.2, 0.25) is 0 Å². The van der Waals surface area contributed by atoms with Gasteiger partial charge in [0.1, 0.15) is 24.1 Å². The maximum Gasteiger partial charge on any atom is 0.472 e. The first-order valence-corrected chi connectivity index (χ1v) is 10.2. The van der Waals surface area contributed by atoms with E-state index in [2.05, 4.69) is 19.5 Å². The quantitative estimate of drug-likeness (QED) is 0.441. The lowest BCUT2D eigenvalue weighted by molar-refractivity contribution is -0.0761. The summed E-state index contributed by atoms with van der Waals surface area (Å²) < 4.78 is 40.7. The van der Waals surface area contributed by atoms with Crippen molar-refractivity contribution in [3.63, 3.8) is 0 Å². The summed E-state index contributed by atoms with van der Waals surface area (Å²) in [5.41, 5.74) is 6.73. The molecule has 156 valence electrons. The van der Waals surface area contributed by atoms with Crippen LogP contribution in [0.5, 0.6) is 0 Å². The second kappa shape index (κ2) is 8.78. The number of phosphoric ester groups is 1. The fourth-order valence-corrected chi connectivity index (χ4v) is 3.74. The Morgan fingerprint density at radius 1 is 1.29 bits per heavy atom. The highest BCUT2D eigenvalue weighted by molar-refractivity contribution is 7.47. The molecule has 1 aliphatic rings. The molecular weight excluding hydrogens is 393 g/mol. The van der Waals surface area contributed by atoms with Gasteiger partial charge >= 0.3 is 7.82 Å². The number of nitrogens with zero attached hydrogens (tertiary/aromatic N) is 4. The standard InChI is InChI=1S/C15H24N5O7P/c1-4-9-11(27-28(21,22)24-3)12(25-6-5-23-2)15(26-9)20-8-19-10-13(16)17-7-18-14(10)20/h7-9,11-12,15H,4-6H2,1-3H3,(H,21,22)(H2,16,17,18)/t9-,11?,12?,15-/m1/s1. The second-order valence-electron chi connectivity index (χ2n) is 6.11. The van der Waals surface area contributed by atoms with Crippen molar-refractivity contribution in [2.45, 2.75) is 37.9 Å². The first-order valence-electron chi connectivity index (χ1n) is 8.67. The SMILES string of the molecule is CC[C@H]1O[C@@H](n2cnc3c(N)ncnc32)C(OCCOC)C1OP(=O)(O)OC. The monoisotopic (exact) mass is 417 g/mol. The highest BCUT2D eigenvalue weighted by Crippen LogP contribution is 2.49. The Hall–Kier alpha value is -1.66. The third kappa shape index (κ3) is 4.18. The lowest BCUT2D eigenvalue weighted by Crippen LogP contribution is -2.36. The van der Waals surface area contributed by atoms with Gasteiger partial charge in [-0.15, -0.1) is 0 Å². The lowest BCUT2D eigenvalue weighted by Gasteiger charge is -2.25. The van der Waals surface area contributed by atoms with Gasteiger partial charge in [0.15, 0.2) is 17.7 Å². The van der Waals surface area contributed by atoms with Gasteiger partial charge in [0.05, 0.1) is 25.6 Å². The first kappa shape index (κ1) is 21.1. The van der Waals surface area contributed by atoms with Gasteiger partial charge in [-0.25, -0.2) is 19.5 Å². The van der Waals surface area contributed by atoms with Crippen LogP contribution in [0.1, 0.15) is 19.6 Å². The molecule has 3 unspecified atom stereocenters. The minimum Gasteiger partial charge on any atom is -0.382 e. The number of rotatable bonds is 9. The number of aromatic nitrogens is 4. The largest absolute Gasteiger partial charge is 0.472 e. The molecule has 3 N–H and O–H groups in total. The molecule has 13 heteroatoms. The zero-order valence-electron chi connectivity index (χ0n) is 15.8. The maximum absolute atomic E-state index is 12.0. The summed E-state index contributed by atoms with van der Waals surface area (Å²) in [6.45, 7) is 2.42. The van der Waals surface area contributed by atoms with Gasteiger partial charge in [0, 0.05) is 14.2 Å². The summed E-state index contributed by atoms with van der Waals surface area (Å²) in [5.74, 6) is 0.234. The van der Waals surface area contributed by atoms with Crippen molar-refractivity contribution in [2.75, 3.05) is 33.2 Å². The Bertz CT molecular complexity index is 849. The maximum atomic E-state index is 12.0. The van der Waals surface area contributed by atoms with E-state index < -0.39 is 32.4 Å². The van der Waals surface area contributed by atoms with E-state index in [-0.39, 0.29) is 12.4 Å². The topological polar surface area (TPSA) is 153 Å². The van der Waals surface area contributed by atoms with E-state index >= 15 is 0 Å². The molecule has 3 heterocycles. The number of hydrogen-bond donors (Lipinski definition) is 2. The van der Waals surface area contributed by atoms with E-state index in [1.54, 1.807) is 11.7 Å². The van der Waals surface area contributed by atoms with Gasteiger partial charge in [0.25, 0.3) is 0 Å². The summed E-state index contributed by atoms with van der Waals surface area (Å²) in [5, 5.41) is 0. The second-order valence-corrected chi connectivity index (χ2v) is 7.62. The highest BCUT2D eigenvalue weighted by Gasteiger charge is 2.49. The van der Waals surface area contributed by atoms with Crippen molar-refractivity contribution in [1.82, 2.24) is 19.5 Å². The van der Waals surface area contributed by atoms with Gasteiger partial charge < -0.3 is 24.8 Å². The molecule has 0 saturated carbocycles. The van der Waals surface area contributed by atoms with Crippen LogP contribution >= 0.6 is 7.82 Å². The van der Waals surface area contributed by atoms with Crippen molar-refractivity contribution < 1.29 is 32.7 Å². The molecule has 0 amide bonds. The Morgan fingerprint density at radius 3 is 2.75 bits per heavy atom. The minimum absolute atomic E-state index is 0.226. The fraction of sp³-hybridized carbons (Fsp3) is 0.667. The van der Waals surface area contributed by atoms with E-state index in [1.807, 2.05) is 6.92 Å². The molecule has 1 aliphatic heterocycles. The van der Waals surface area contributed by atoms with Crippen molar-refractivity contribution in [3.05, 3.63) is 12.7 Å². The Kier molecular flexibility index (Phi) is 6.61. The summed E-state index contributed by atoms with van der Waals surface area (Å²) in [6.07, 6.45) is 0.496. The molecule has 2 aromatic heterocycles. The van der Waals surface area contributed by atoms with Crippen molar-refractivity contribution in [2.24, 2.45) is 0 Å². The third-order valence-electron chi connectivity index (χ3n) is 4.43. The molecule has 0 radical (unpaired) electrons. The Morgan fingerprint density at radius 2 is 2.07 bits per heavy atom. The van der Waals surface area contributed by atoms with Crippen LogP contribution in [-0.4, -0.2) is 70.2 Å². The highest BCUT2D eigenvalue weighted by atomic mass is 31.2. The first-order chi connectivity index (χ1) is 13.4. The zero-order valence-corrected chi connectivity index (χ0v) is 16.7. The van der Waals surface area contributed by atoms with Crippen LogP contribution < -0.4 is 5.73 Å². The van der Waals surface area contributed by atoms with Crippen LogP contribution in [0.2, 0.25) is 0 Å². The van der Waals surface area contributed by atoms with Crippen LogP contribution in [0.15, 0.2) is 12.7 Å². The molecule has 0 spiro atoms. The normalized spacial score (nSPS) is 27.3. The van der Waals surface area contributed by atoms with Gasteiger partial charge in [-0.3, -0.25) is 13.6 Å². The predicted octanol–water partition coefficient (Wildman–Crippen LogP) is 0.879. The summed E-state index contributed by atoms with van der Waals surface area (Å²) in [4.78, 5) is 22.2. The fourth-order valence-electron chi connectivity index (χ4n) is 3.09. The number of hydrogen-bond acceptors (Lipinski definition) is 10. The predicted molar refractivity (Wildman–Crippen MR) is 97.3 cm³/mol. The van der Waals surface area contributed by atoms with Crippen molar-refractivity contribution >= 4 is 24.8 Å². The molecule has 0 aliphatic carbocycles. The molecule has 3 rings (SSSR count). The number of phosphoric acid groups is 1.